The average Bonchev–Trinajstić information content (AvgIpc) is 3.60. The minimum Gasteiger partial charge on any atom is -0.756 e. The summed E-state index contributed by atoms with van der Waals surface area (Å²) in [6.07, 6.45) is 90.3. The predicted molar refractivity (Wildman–Crippen MR) is 384 cm³/mol. The first-order valence-corrected chi connectivity index (χ1v) is 41.0. The molecule has 0 fully saturated rings. The van der Waals surface area contributed by atoms with Gasteiger partial charge in [0.15, 0.2) is 6.10 Å². The minimum absolute atomic E-state index is 0.0277. The van der Waals surface area contributed by atoms with Crippen LogP contribution < -0.4 is 4.89 Å². The smallest absolute Gasteiger partial charge is 0.306 e. The lowest BCUT2D eigenvalue weighted by Gasteiger charge is -2.28. The van der Waals surface area contributed by atoms with Crippen LogP contribution in [0.5, 0.6) is 0 Å². The maximum absolute atomic E-state index is 12.9. The number of carbonyl (C=O) groups excluding carboxylic acids is 2. The van der Waals surface area contributed by atoms with Crippen LogP contribution in [0.25, 0.3) is 0 Å². The van der Waals surface area contributed by atoms with Gasteiger partial charge in [-0.2, -0.15) is 0 Å². The number of carbonyl (C=O) groups is 2. The van der Waals surface area contributed by atoms with E-state index in [9.17, 15) is 19.0 Å². The van der Waals surface area contributed by atoms with Crippen LogP contribution >= 0.6 is 7.82 Å². The van der Waals surface area contributed by atoms with E-state index in [1.807, 2.05) is 21.1 Å². The lowest BCUT2D eigenvalue weighted by molar-refractivity contribution is -0.870. The predicted octanol–water partition coefficient (Wildman–Crippen LogP) is 25.4. The van der Waals surface area contributed by atoms with Crippen molar-refractivity contribution in [2.75, 3.05) is 47.5 Å². The molecule has 2 unspecified atom stereocenters. The van der Waals surface area contributed by atoms with Gasteiger partial charge in [-0.25, -0.2) is 0 Å². The zero-order valence-corrected chi connectivity index (χ0v) is 61.3. The molecular weight excluding hydrogens is 1120 g/mol. The highest BCUT2D eigenvalue weighted by Gasteiger charge is 2.22. The van der Waals surface area contributed by atoms with Crippen LogP contribution in [0.15, 0.2) is 24.3 Å². The summed E-state index contributed by atoms with van der Waals surface area (Å²) >= 11 is 0. The summed E-state index contributed by atoms with van der Waals surface area (Å²) in [6, 6.07) is 0. The molecule has 9 nitrogen and oxygen atoms in total. The normalized spacial score (nSPS) is 13.1. The average molecular weight is 1280 g/mol. The molecule has 0 aromatic heterocycles. The van der Waals surface area contributed by atoms with Crippen molar-refractivity contribution in [2.45, 2.75) is 424 Å². The second-order valence-electron chi connectivity index (χ2n) is 28.4. The molecule has 0 saturated heterocycles. The largest absolute Gasteiger partial charge is 0.756 e. The first-order valence-electron chi connectivity index (χ1n) is 39.5. The Morgan fingerprint density at radius 1 is 0.348 bits per heavy atom. The lowest BCUT2D eigenvalue weighted by atomic mass is 10.0. The number of phosphoric acid groups is 1. The minimum atomic E-state index is -4.64. The molecule has 0 aliphatic carbocycles. The maximum Gasteiger partial charge on any atom is 0.306 e. The van der Waals surface area contributed by atoms with Gasteiger partial charge in [0.2, 0.25) is 0 Å². The molecule has 0 radical (unpaired) electrons. The van der Waals surface area contributed by atoms with Gasteiger partial charge < -0.3 is 27.9 Å². The second kappa shape index (κ2) is 70.8. The summed E-state index contributed by atoms with van der Waals surface area (Å²) in [6.45, 7) is 4.31. The third-order valence-corrected chi connectivity index (χ3v) is 19.2. The van der Waals surface area contributed by atoms with Crippen molar-refractivity contribution in [2.24, 2.45) is 0 Å². The highest BCUT2D eigenvalue weighted by molar-refractivity contribution is 7.45. The number of hydrogen-bond donors (Lipinski definition) is 0. The fourth-order valence-electron chi connectivity index (χ4n) is 12.2. The van der Waals surface area contributed by atoms with E-state index >= 15 is 0 Å². The number of esters is 2. The van der Waals surface area contributed by atoms with Gasteiger partial charge in [0.25, 0.3) is 7.82 Å². The molecule has 528 valence electrons. The van der Waals surface area contributed by atoms with Gasteiger partial charge in [-0.15, -0.1) is 0 Å². The Morgan fingerprint density at radius 3 is 0.888 bits per heavy atom. The van der Waals surface area contributed by atoms with Gasteiger partial charge in [-0.1, -0.05) is 385 Å². The van der Waals surface area contributed by atoms with E-state index < -0.39 is 26.5 Å². The number of allylic oxidation sites excluding steroid dienone is 4. The Labute approximate surface area is 555 Å². The summed E-state index contributed by atoms with van der Waals surface area (Å²) in [5.74, 6) is -0.810. The highest BCUT2D eigenvalue weighted by Crippen LogP contribution is 2.38. The molecule has 0 heterocycles. The van der Waals surface area contributed by atoms with E-state index in [4.69, 9.17) is 18.5 Å². The molecule has 2 atom stereocenters. The molecule has 89 heavy (non-hydrogen) atoms. The number of ether oxygens (including phenoxy) is 2. The molecule has 0 aliphatic heterocycles. The standard InChI is InChI=1S/C79H154NO8P/c1-6-8-10-12-14-16-18-20-22-24-26-28-30-32-33-34-35-36-37-38-39-40-41-42-43-44-45-46-48-49-51-53-55-57-59-61-63-65-67-69-71-78(81)85-75-77(76-87-89(83,84)86-74-73-80(3,4)5)88-79(82)72-70-68-66-64-62-60-58-56-54-52-50-47-31-29-27-25-23-21-19-17-15-13-11-9-7-2/h19,21,25,27,77H,6-18,20,22-24,26,28-76H2,1-5H3/b21-19-,27-25-. The first kappa shape index (κ1) is 87.5. The third kappa shape index (κ3) is 75.4. The van der Waals surface area contributed by atoms with Crippen molar-refractivity contribution in [3.8, 4) is 0 Å². The number of quaternary nitrogens is 1. The van der Waals surface area contributed by atoms with Crippen LogP contribution in [0.4, 0.5) is 0 Å². The summed E-state index contributed by atoms with van der Waals surface area (Å²) in [4.78, 5) is 38.1. The van der Waals surface area contributed by atoms with Gasteiger partial charge in [0.1, 0.15) is 19.8 Å². The summed E-state index contributed by atoms with van der Waals surface area (Å²) in [7, 11) is 1.19. The van der Waals surface area contributed by atoms with Crippen molar-refractivity contribution in [1.29, 1.82) is 0 Å². The number of hydrogen-bond acceptors (Lipinski definition) is 8. The van der Waals surface area contributed by atoms with Crippen molar-refractivity contribution in [3.63, 3.8) is 0 Å². The highest BCUT2D eigenvalue weighted by atomic mass is 31.2. The summed E-state index contributed by atoms with van der Waals surface area (Å²) in [5.41, 5.74) is 0. The SMILES string of the molecule is CCCCCCC/C=C\C/C=C\CCCCCCCCCCCCCCCC(=O)OC(COC(=O)CCCCCCCCCCCCCCCCCCCCCCCCCCCCCCCCCCCCCCCCCC)COP(=O)([O-])OCC[N+](C)(C)C. The number of likely N-dealkylation sites (N-methyl/N-ethyl adjacent to an activating group) is 1. The molecule has 0 aromatic carbocycles. The Morgan fingerprint density at radius 2 is 0.607 bits per heavy atom. The van der Waals surface area contributed by atoms with Gasteiger partial charge in [0, 0.05) is 12.8 Å². The van der Waals surface area contributed by atoms with Crippen molar-refractivity contribution in [1.82, 2.24) is 0 Å². The van der Waals surface area contributed by atoms with E-state index in [2.05, 4.69) is 38.2 Å². The van der Waals surface area contributed by atoms with E-state index in [0.717, 1.165) is 44.9 Å². The van der Waals surface area contributed by atoms with Crippen LogP contribution in [0.2, 0.25) is 0 Å². The van der Waals surface area contributed by atoms with Crippen molar-refractivity contribution < 1.29 is 42.1 Å². The van der Waals surface area contributed by atoms with Gasteiger partial charge in [0.05, 0.1) is 27.7 Å². The quantitative estimate of drug-likeness (QED) is 0.0195. The molecular formula is C79H154NO8P. The molecule has 0 aromatic rings. The monoisotopic (exact) mass is 1280 g/mol. The Bertz CT molecular complexity index is 1550. The molecule has 0 bridgehead atoms. The second-order valence-corrected chi connectivity index (χ2v) is 29.9. The molecule has 0 aliphatic rings. The molecule has 0 N–H and O–H groups in total. The molecule has 10 heteroatoms. The number of phosphoric ester groups is 1. The number of nitrogens with zero attached hydrogens (tertiary/aromatic N) is 1. The Kier molecular flexibility index (Phi) is 69.6. The third-order valence-electron chi connectivity index (χ3n) is 18.2. The lowest BCUT2D eigenvalue weighted by Crippen LogP contribution is -2.37. The van der Waals surface area contributed by atoms with Crippen molar-refractivity contribution in [3.05, 3.63) is 24.3 Å². The van der Waals surface area contributed by atoms with Gasteiger partial charge in [-0.3, -0.25) is 14.2 Å². The summed E-state index contributed by atoms with van der Waals surface area (Å²) in [5, 5.41) is 0. The first-order chi connectivity index (χ1) is 43.5. The van der Waals surface area contributed by atoms with Crippen LogP contribution in [0.1, 0.15) is 418 Å². The van der Waals surface area contributed by atoms with E-state index in [1.54, 1.807) is 0 Å². The Hall–Kier alpha value is -1.51. The molecule has 0 rings (SSSR count). The fraction of sp³-hybridized carbons (Fsp3) is 0.924. The van der Waals surface area contributed by atoms with Crippen LogP contribution in [-0.2, 0) is 32.7 Å². The molecule has 0 amide bonds. The van der Waals surface area contributed by atoms with E-state index in [0.29, 0.717) is 17.4 Å². The van der Waals surface area contributed by atoms with Crippen LogP contribution in [0.3, 0.4) is 0 Å². The topological polar surface area (TPSA) is 111 Å². The Balaban J connectivity index is 3.86. The number of unbranched alkanes of at least 4 members (excludes halogenated alkanes) is 57. The molecule has 0 spiro atoms. The van der Waals surface area contributed by atoms with E-state index in [1.165, 1.54) is 340 Å². The van der Waals surface area contributed by atoms with Gasteiger partial charge >= 0.3 is 11.9 Å². The number of rotatable bonds is 75. The zero-order chi connectivity index (χ0) is 64.8. The van der Waals surface area contributed by atoms with Crippen LogP contribution in [0, 0.1) is 0 Å². The summed E-state index contributed by atoms with van der Waals surface area (Å²) < 4.78 is 34.4. The zero-order valence-electron chi connectivity index (χ0n) is 60.4. The fourth-order valence-corrected chi connectivity index (χ4v) is 12.9. The van der Waals surface area contributed by atoms with E-state index in [-0.39, 0.29) is 32.0 Å². The molecule has 0 saturated carbocycles. The maximum atomic E-state index is 12.9. The van der Waals surface area contributed by atoms with Crippen molar-refractivity contribution >= 4 is 19.8 Å². The van der Waals surface area contributed by atoms with Crippen LogP contribution in [-0.4, -0.2) is 70.0 Å². The van der Waals surface area contributed by atoms with Gasteiger partial charge in [-0.05, 0) is 44.9 Å².